The summed E-state index contributed by atoms with van der Waals surface area (Å²) in [6.45, 7) is 7.29. The first-order valence-electron chi connectivity index (χ1n) is 15.2. The fourth-order valence-corrected chi connectivity index (χ4v) is 9.83. The van der Waals surface area contributed by atoms with Crippen molar-refractivity contribution >= 4 is 37.5 Å². The van der Waals surface area contributed by atoms with E-state index < -0.39 is 20.0 Å². The third-order valence-electron chi connectivity index (χ3n) is 9.19. The number of carbonyl (C=O) groups is 3. The second-order valence-corrected chi connectivity index (χ2v) is 16.4. The van der Waals surface area contributed by atoms with Crippen LogP contribution in [0.15, 0.2) is 24.4 Å². The third-order valence-corrected chi connectivity index (χ3v) is 11.7. The van der Waals surface area contributed by atoms with Crippen LogP contribution >= 0.6 is 0 Å². The minimum atomic E-state index is -2.85. The number of benzene rings is 1. The fraction of sp³-hybridized carbons (Fsp3) is 0.633. The Balaban J connectivity index is 1.49. The molecule has 1 spiro atoms. The molecule has 0 saturated carbocycles. The van der Waals surface area contributed by atoms with Crippen LogP contribution in [-0.4, -0.2) is 83.9 Å². The summed E-state index contributed by atoms with van der Waals surface area (Å²) < 4.78 is 13.4. The molecule has 2 saturated heterocycles. The fourth-order valence-electron chi connectivity index (χ4n) is 7.22. The van der Waals surface area contributed by atoms with Gasteiger partial charge >= 0.3 is 5.97 Å². The van der Waals surface area contributed by atoms with E-state index >= 15 is 0 Å². The van der Waals surface area contributed by atoms with Crippen LogP contribution in [0.4, 0.5) is 11.4 Å². The van der Waals surface area contributed by atoms with Crippen molar-refractivity contribution in [3.8, 4) is 0 Å². The van der Waals surface area contributed by atoms with E-state index in [9.17, 15) is 24.3 Å². The predicted molar refractivity (Wildman–Crippen MR) is 161 cm³/mol. The summed E-state index contributed by atoms with van der Waals surface area (Å²) in [5.41, 5.74) is 1.35. The molecular formula is C30H43N5O7Si. The van der Waals surface area contributed by atoms with Crippen LogP contribution in [0.3, 0.4) is 0 Å². The Morgan fingerprint density at radius 2 is 2.02 bits per heavy atom. The third kappa shape index (κ3) is 5.87. The van der Waals surface area contributed by atoms with Gasteiger partial charge in [0.2, 0.25) is 5.91 Å². The zero-order valence-corrected chi connectivity index (χ0v) is 26.5. The molecule has 12 nitrogen and oxygen atoms in total. The van der Waals surface area contributed by atoms with Crippen LogP contribution in [-0.2, 0) is 42.4 Å². The number of ether oxygens (including phenoxy) is 2. The number of hydrogen-bond acceptors (Lipinski definition) is 9. The molecule has 2 amide bonds. The molecule has 0 bridgehead atoms. The van der Waals surface area contributed by atoms with Crippen molar-refractivity contribution in [1.29, 1.82) is 0 Å². The zero-order chi connectivity index (χ0) is 30.9. The van der Waals surface area contributed by atoms with E-state index in [2.05, 4.69) is 10.3 Å². The molecule has 2 fully saturated rings. The molecule has 0 unspecified atom stereocenters. The number of aliphatic hydroxyl groups excluding tert-OH is 1. The SMILES string of the molecule is COC(=O)CCCCN1C(=O)[C@@]2(O[C@@H](CCn3cc(CCO)nn3)[C@H]([Si](C)(C)O)[C@H]2C)c2cc(N3CCCC3=O)ccc21. The monoisotopic (exact) mass is 613 g/mol. The number of fused-ring (bicyclic) bond motifs is 2. The number of nitrogens with zero attached hydrogens (tertiary/aromatic N) is 5. The molecule has 2 N–H and O–H groups in total. The molecule has 13 heteroatoms. The number of aliphatic hydroxyl groups is 1. The molecule has 1 aromatic carbocycles. The summed E-state index contributed by atoms with van der Waals surface area (Å²) in [6, 6.07) is 5.73. The Kier molecular flexibility index (Phi) is 9.07. The quantitative estimate of drug-likeness (QED) is 0.209. The highest BCUT2D eigenvalue weighted by molar-refractivity contribution is 6.71. The molecule has 1 aromatic heterocycles. The highest BCUT2D eigenvalue weighted by Crippen LogP contribution is 2.60. The number of aryl methyl sites for hydroxylation is 1. The maximum atomic E-state index is 14.6. The summed E-state index contributed by atoms with van der Waals surface area (Å²) in [6.07, 6.45) is 5.06. The van der Waals surface area contributed by atoms with Crippen molar-refractivity contribution in [2.24, 2.45) is 5.92 Å². The molecule has 3 aliphatic rings. The summed E-state index contributed by atoms with van der Waals surface area (Å²) in [5.74, 6) is -0.726. The first-order valence-corrected chi connectivity index (χ1v) is 18.3. The minimum Gasteiger partial charge on any atom is -0.469 e. The lowest BCUT2D eigenvalue weighted by Crippen LogP contribution is -2.46. The van der Waals surface area contributed by atoms with Gasteiger partial charge in [-0.3, -0.25) is 19.1 Å². The van der Waals surface area contributed by atoms with Gasteiger partial charge in [-0.2, -0.15) is 0 Å². The van der Waals surface area contributed by atoms with Crippen LogP contribution in [0.2, 0.25) is 18.6 Å². The minimum absolute atomic E-state index is 0.0113. The van der Waals surface area contributed by atoms with E-state index in [0.717, 1.165) is 23.4 Å². The lowest BCUT2D eigenvalue weighted by molar-refractivity contribution is -0.146. The maximum Gasteiger partial charge on any atom is 0.305 e. The van der Waals surface area contributed by atoms with E-state index in [-0.39, 0.29) is 42.3 Å². The van der Waals surface area contributed by atoms with Gasteiger partial charge in [0, 0.05) is 74.4 Å². The Morgan fingerprint density at radius 3 is 2.70 bits per heavy atom. The van der Waals surface area contributed by atoms with Gasteiger partial charge in [0.05, 0.1) is 24.6 Å². The number of anilines is 2. The lowest BCUT2D eigenvalue weighted by atomic mass is 9.82. The number of rotatable bonds is 12. The number of esters is 1. The Hall–Kier alpha value is -3.13. The summed E-state index contributed by atoms with van der Waals surface area (Å²) >= 11 is 0. The van der Waals surface area contributed by atoms with Gasteiger partial charge in [-0.25, -0.2) is 0 Å². The molecule has 43 heavy (non-hydrogen) atoms. The van der Waals surface area contributed by atoms with Gasteiger partial charge in [-0.05, 0) is 57.0 Å². The van der Waals surface area contributed by atoms with Gasteiger partial charge in [-0.1, -0.05) is 12.1 Å². The second-order valence-electron chi connectivity index (χ2n) is 12.4. The summed E-state index contributed by atoms with van der Waals surface area (Å²) in [7, 11) is -1.49. The summed E-state index contributed by atoms with van der Waals surface area (Å²) in [5, 5.41) is 17.5. The normalized spacial score (nSPS) is 25.3. The Morgan fingerprint density at radius 1 is 1.23 bits per heavy atom. The molecule has 0 radical (unpaired) electrons. The van der Waals surface area contributed by atoms with Crippen molar-refractivity contribution in [1.82, 2.24) is 15.0 Å². The van der Waals surface area contributed by atoms with Crippen molar-refractivity contribution in [3.05, 3.63) is 35.7 Å². The van der Waals surface area contributed by atoms with Gasteiger partial charge in [-0.15, -0.1) is 5.10 Å². The van der Waals surface area contributed by atoms with E-state index in [1.807, 2.05) is 38.2 Å². The van der Waals surface area contributed by atoms with Crippen LogP contribution < -0.4 is 9.80 Å². The first kappa shape index (κ1) is 31.3. The van der Waals surface area contributed by atoms with Crippen LogP contribution in [0.25, 0.3) is 0 Å². The maximum absolute atomic E-state index is 14.6. The Bertz CT molecular complexity index is 1360. The molecule has 234 valence electrons. The molecule has 0 aliphatic carbocycles. The number of unbranched alkanes of at least 4 members (excludes halogenated alkanes) is 1. The van der Waals surface area contributed by atoms with E-state index in [1.54, 1.807) is 20.7 Å². The van der Waals surface area contributed by atoms with Crippen molar-refractivity contribution < 1.29 is 33.8 Å². The average molecular weight is 614 g/mol. The zero-order valence-electron chi connectivity index (χ0n) is 25.5. The molecular weight excluding hydrogens is 570 g/mol. The van der Waals surface area contributed by atoms with Crippen LogP contribution in [0.1, 0.15) is 56.7 Å². The Labute approximate surface area is 253 Å². The van der Waals surface area contributed by atoms with Crippen LogP contribution in [0.5, 0.6) is 0 Å². The molecule has 3 aliphatic heterocycles. The number of aromatic nitrogens is 3. The number of hydrogen-bond donors (Lipinski definition) is 2. The van der Waals surface area contributed by atoms with Crippen molar-refractivity contribution in [3.63, 3.8) is 0 Å². The number of carbonyl (C=O) groups excluding carboxylic acids is 3. The van der Waals surface area contributed by atoms with Gasteiger partial charge in [0.1, 0.15) is 0 Å². The largest absolute Gasteiger partial charge is 0.469 e. The molecule has 4 atom stereocenters. The topological polar surface area (TPSA) is 147 Å². The highest BCUT2D eigenvalue weighted by atomic mass is 28.4. The smallest absolute Gasteiger partial charge is 0.305 e. The molecule has 4 heterocycles. The van der Waals surface area contributed by atoms with Crippen molar-refractivity contribution in [2.75, 3.05) is 36.6 Å². The van der Waals surface area contributed by atoms with Gasteiger partial charge in [0.25, 0.3) is 5.91 Å². The first-order chi connectivity index (χ1) is 20.5. The average Bonchev–Trinajstić information content (AvgIpc) is 3.72. The standard InChI is InChI=1S/C30H43N5O7Si/c1-20-28(43(3,4)40)25(12-16-33-19-21(13-17-36)31-32-33)42-30(20)23-18-22(34-15-7-8-26(34)37)10-11-24(23)35(29(30)39)14-6-5-9-27(38)41-2/h10-11,18-20,25,28,36,40H,5-9,12-17H2,1-4H3/t20-,25+,28-,30+/m1/s1. The van der Waals surface area contributed by atoms with E-state index in [1.165, 1.54) is 7.11 Å². The van der Waals surface area contributed by atoms with Gasteiger partial charge in [0.15, 0.2) is 13.9 Å². The summed E-state index contributed by atoms with van der Waals surface area (Å²) in [4.78, 5) is 54.0. The van der Waals surface area contributed by atoms with E-state index in [4.69, 9.17) is 9.47 Å². The second kappa shape index (κ2) is 12.5. The molecule has 5 rings (SSSR count). The van der Waals surface area contributed by atoms with Crippen LogP contribution in [0, 0.1) is 5.92 Å². The number of methoxy groups -OCH3 is 1. The molecule has 2 aromatic rings. The highest BCUT2D eigenvalue weighted by Gasteiger charge is 2.66. The van der Waals surface area contributed by atoms with Gasteiger partial charge < -0.3 is 29.2 Å². The lowest BCUT2D eigenvalue weighted by Gasteiger charge is -2.32. The predicted octanol–water partition coefficient (Wildman–Crippen LogP) is 2.52. The van der Waals surface area contributed by atoms with Crippen molar-refractivity contribution in [2.45, 2.75) is 88.8 Å². The number of amides is 2. The van der Waals surface area contributed by atoms with E-state index in [0.29, 0.717) is 57.4 Å².